The third kappa shape index (κ3) is 2.63. The van der Waals surface area contributed by atoms with E-state index >= 15 is 0 Å². The maximum atomic E-state index is 12.4. The van der Waals surface area contributed by atoms with Crippen molar-refractivity contribution in [1.29, 1.82) is 0 Å². The molecule has 0 radical (unpaired) electrons. The summed E-state index contributed by atoms with van der Waals surface area (Å²) in [5.41, 5.74) is 0.989. The van der Waals surface area contributed by atoms with E-state index in [-0.39, 0.29) is 12.0 Å². The van der Waals surface area contributed by atoms with Gasteiger partial charge < -0.3 is 14.7 Å². The summed E-state index contributed by atoms with van der Waals surface area (Å²) in [6, 6.07) is 5.44. The molecule has 108 valence electrons. The van der Waals surface area contributed by atoms with Crippen LogP contribution in [0.2, 0.25) is 5.02 Å². The Labute approximate surface area is 123 Å². The van der Waals surface area contributed by atoms with Gasteiger partial charge in [-0.1, -0.05) is 11.6 Å². The number of benzene rings is 1. The Morgan fingerprint density at radius 2 is 2.25 bits per heavy atom. The van der Waals surface area contributed by atoms with Crippen molar-refractivity contribution in [2.75, 3.05) is 13.6 Å². The van der Waals surface area contributed by atoms with Crippen molar-refractivity contribution in [3.63, 3.8) is 0 Å². The number of ether oxygens (including phenoxy) is 1. The number of aliphatic hydroxyl groups excluding tert-OH is 1. The molecule has 3 rings (SSSR count). The third-order valence-electron chi connectivity index (χ3n) is 4.09. The van der Waals surface area contributed by atoms with Gasteiger partial charge in [0.05, 0.1) is 6.10 Å². The summed E-state index contributed by atoms with van der Waals surface area (Å²) < 4.78 is 5.70. The van der Waals surface area contributed by atoms with E-state index in [1.807, 2.05) is 12.1 Å². The lowest BCUT2D eigenvalue weighted by molar-refractivity contribution is -0.138. The van der Waals surface area contributed by atoms with Gasteiger partial charge in [-0.05, 0) is 42.5 Å². The second-order valence-corrected chi connectivity index (χ2v) is 6.21. The molecule has 1 heterocycles. The molecule has 1 aliphatic heterocycles. The highest BCUT2D eigenvalue weighted by Gasteiger charge is 2.34. The van der Waals surface area contributed by atoms with Crippen LogP contribution in [0.3, 0.4) is 0 Å². The number of carbonyl (C=O) groups excluding carboxylic acids is 1. The molecule has 1 atom stereocenters. The molecule has 1 N–H and O–H groups in total. The molecule has 20 heavy (non-hydrogen) atoms. The Bertz CT molecular complexity index is 528. The van der Waals surface area contributed by atoms with Crippen LogP contribution in [0, 0.1) is 5.92 Å². The molecule has 2 aliphatic rings. The first-order valence-corrected chi connectivity index (χ1v) is 7.29. The quantitative estimate of drug-likeness (QED) is 0.926. The van der Waals surface area contributed by atoms with Gasteiger partial charge in [0.15, 0.2) is 6.10 Å². The molecule has 1 aromatic carbocycles. The van der Waals surface area contributed by atoms with Gasteiger partial charge >= 0.3 is 0 Å². The molecule has 1 aliphatic carbocycles. The molecule has 1 saturated carbocycles. The Morgan fingerprint density at radius 3 is 2.95 bits per heavy atom. The lowest BCUT2D eigenvalue weighted by atomic mass is 9.82. The molecule has 1 amide bonds. The van der Waals surface area contributed by atoms with E-state index in [1.54, 1.807) is 18.0 Å². The minimum absolute atomic E-state index is 0.00119. The lowest BCUT2D eigenvalue weighted by Crippen LogP contribution is -2.44. The standard InChI is InChI=1S/C15H18ClNO3/c1-17(8-9-4-12(18)5-9)15(19)14-7-10-6-11(16)2-3-13(10)20-14/h2-3,6,9,12,14,18H,4-5,7-8H2,1H3. The molecule has 0 aromatic heterocycles. The van der Waals surface area contributed by atoms with Crippen LogP contribution >= 0.6 is 11.6 Å². The minimum atomic E-state index is -0.446. The molecular formula is C15H18ClNO3. The highest BCUT2D eigenvalue weighted by Crippen LogP contribution is 2.32. The first-order chi connectivity index (χ1) is 9.52. The Balaban J connectivity index is 1.59. The zero-order chi connectivity index (χ0) is 14.3. The summed E-state index contributed by atoms with van der Waals surface area (Å²) in [4.78, 5) is 14.1. The first-order valence-electron chi connectivity index (χ1n) is 6.91. The van der Waals surface area contributed by atoms with Crippen LogP contribution in [0.5, 0.6) is 5.75 Å². The molecule has 0 saturated heterocycles. The van der Waals surface area contributed by atoms with Crippen LogP contribution in [0.15, 0.2) is 18.2 Å². The largest absolute Gasteiger partial charge is 0.480 e. The number of fused-ring (bicyclic) bond motifs is 1. The lowest BCUT2D eigenvalue weighted by Gasteiger charge is -2.34. The van der Waals surface area contributed by atoms with Gasteiger partial charge in [0.25, 0.3) is 5.91 Å². The zero-order valence-corrected chi connectivity index (χ0v) is 12.1. The van der Waals surface area contributed by atoms with Crippen molar-refractivity contribution >= 4 is 17.5 Å². The smallest absolute Gasteiger partial charge is 0.263 e. The highest BCUT2D eigenvalue weighted by molar-refractivity contribution is 6.30. The number of aliphatic hydroxyl groups is 1. The van der Waals surface area contributed by atoms with Crippen molar-refractivity contribution < 1.29 is 14.6 Å². The fraction of sp³-hybridized carbons (Fsp3) is 0.533. The van der Waals surface area contributed by atoms with Gasteiger partial charge in [-0.25, -0.2) is 0 Å². The fourth-order valence-corrected chi connectivity index (χ4v) is 3.12. The molecule has 1 fully saturated rings. The summed E-state index contributed by atoms with van der Waals surface area (Å²) in [6.45, 7) is 0.687. The zero-order valence-electron chi connectivity index (χ0n) is 11.4. The Hall–Kier alpha value is -1.26. The second-order valence-electron chi connectivity index (χ2n) is 5.77. The summed E-state index contributed by atoms with van der Waals surface area (Å²) in [5, 5.41) is 9.95. The number of rotatable bonds is 3. The van der Waals surface area contributed by atoms with Crippen LogP contribution in [-0.2, 0) is 11.2 Å². The monoisotopic (exact) mass is 295 g/mol. The number of carbonyl (C=O) groups is 1. The SMILES string of the molecule is CN(CC1CC(O)C1)C(=O)C1Cc2cc(Cl)ccc2O1. The average Bonchev–Trinajstić information content (AvgIpc) is 2.78. The van der Waals surface area contributed by atoms with Crippen LogP contribution in [0.1, 0.15) is 18.4 Å². The van der Waals surface area contributed by atoms with Crippen molar-refractivity contribution in [3.8, 4) is 5.75 Å². The van der Waals surface area contributed by atoms with Gasteiger partial charge in [-0.2, -0.15) is 0 Å². The average molecular weight is 296 g/mol. The van der Waals surface area contributed by atoms with E-state index in [1.165, 1.54) is 0 Å². The maximum Gasteiger partial charge on any atom is 0.263 e. The maximum absolute atomic E-state index is 12.4. The molecule has 1 aromatic rings. The Kier molecular flexibility index (Phi) is 3.61. The van der Waals surface area contributed by atoms with Crippen LogP contribution in [-0.4, -0.2) is 41.7 Å². The molecule has 4 nitrogen and oxygen atoms in total. The summed E-state index contributed by atoms with van der Waals surface area (Å²) in [7, 11) is 1.80. The Morgan fingerprint density at radius 1 is 1.50 bits per heavy atom. The summed E-state index contributed by atoms with van der Waals surface area (Å²) in [6.07, 6.45) is 1.53. The van der Waals surface area contributed by atoms with E-state index in [0.717, 1.165) is 24.2 Å². The van der Waals surface area contributed by atoms with E-state index in [2.05, 4.69) is 0 Å². The predicted molar refractivity (Wildman–Crippen MR) is 75.9 cm³/mol. The van der Waals surface area contributed by atoms with Gasteiger partial charge in [0.2, 0.25) is 0 Å². The van der Waals surface area contributed by atoms with Gasteiger partial charge in [-0.15, -0.1) is 0 Å². The number of halogens is 1. The predicted octanol–water partition coefficient (Wildman–Crippen LogP) is 1.87. The fourth-order valence-electron chi connectivity index (χ4n) is 2.93. The van der Waals surface area contributed by atoms with Gasteiger partial charge in [-0.3, -0.25) is 4.79 Å². The number of hydrogen-bond donors (Lipinski definition) is 1. The normalized spacial score (nSPS) is 27.4. The van der Waals surface area contributed by atoms with Crippen LogP contribution < -0.4 is 4.74 Å². The van der Waals surface area contributed by atoms with Gasteiger partial charge in [0.1, 0.15) is 5.75 Å². The number of hydrogen-bond acceptors (Lipinski definition) is 3. The summed E-state index contributed by atoms with van der Waals surface area (Å²) >= 11 is 5.95. The summed E-state index contributed by atoms with van der Waals surface area (Å²) in [5.74, 6) is 1.16. The van der Waals surface area contributed by atoms with Crippen molar-refractivity contribution in [2.45, 2.75) is 31.5 Å². The van der Waals surface area contributed by atoms with Crippen molar-refractivity contribution in [1.82, 2.24) is 4.90 Å². The molecule has 5 heteroatoms. The molecule has 0 spiro atoms. The minimum Gasteiger partial charge on any atom is -0.480 e. The van der Waals surface area contributed by atoms with E-state index in [0.29, 0.717) is 23.9 Å². The number of nitrogens with zero attached hydrogens (tertiary/aromatic N) is 1. The number of likely N-dealkylation sites (N-methyl/N-ethyl adjacent to an activating group) is 1. The van der Waals surface area contributed by atoms with Crippen molar-refractivity contribution in [3.05, 3.63) is 28.8 Å². The van der Waals surface area contributed by atoms with E-state index in [9.17, 15) is 9.90 Å². The molecular weight excluding hydrogens is 278 g/mol. The molecule has 1 unspecified atom stereocenters. The topological polar surface area (TPSA) is 49.8 Å². The molecule has 0 bridgehead atoms. The van der Waals surface area contributed by atoms with E-state index < -0.39 is 6.10 Å². The number of amides is 1. The van der Waals surface area contributed by atoms with Gasteiger partial charge in [0, 0.05) is 25.0 Å². The van der Waals surface area contributed by atoms with E-state index in [4.69, 9.17) is 16.3 Å². The first kappa shape index (κ1) is 13.7. The van der Waals surface area contributed by atoms with Crippen molar-refractivity contribution in [2.24, 2.45) is 5.92 Å². The highest BCUT2D eigenvalue weighted by atomic mass is 35.5. The van der Waals surface area contributed by atoms with Crippen LogP contribution in [0.25, 0.3) is 0 Å². The van der Waals surface area contributed by atoms with Crippen LogP contribution in [0.4, 0.5) is 0 Å². The third-order valence-corrected chi connectivity index (χ3v) is 4.33. The second kappa shape index (κ2) is 5.26.